The molecule has 1 unspecified atom stereocenters. The Morgan fingerprint density at radius 1 is 0.951 bits per heavy atom. The first-order valence-electron chi connectivity index (χ1n) is 13.3. The van der Waals surface area contributed by atoms with Crippen LogP contribution < -0.4 is 15.2 Å². The van der Waals surface area contributed by atoms with Crippen LogP contribution in [0.3, 0.4) is 0 Å². The average molecular weight is 574 g/mol. The first-order chi connectivity index (χ1) is 20.0. The van der Waals surface area contributed by atoms with Crippen LogP contribution in [0.15, 0.2) is 88.7 Å². The number of morpholine rings is 1. The Bertz CT molecular complexity index is 1710. The van der Waals surface area contributed by atoms with E-state index in [-0.39, 0.29) is 41.9 Å². The van der Waals surface area contributed by atoms with Crippen molar-refractivity contribution in [2.24, 2.45) is 0 Å². The molecule has 1 aromatic heterocycles. The summed E-state index contributed by atoms with van der Waals surface area (Å²) in [7, 11) is 0. The molecular formula is C31H25F2N3O4S. The number of rotatable bonds is 4. The molecule has 0 N–H and O–H groups in total. The second-order valence-corrected chi connectivity index (χ2v) is 11.1. The van der Waals surface area contributed by atoms with Crippen molar-refractivity contribution in [3.05, 3.63) is 129 Å². The molecule has 41 heavy (non-hydrogen) atoms. The number of amides is 1. The number of aromatic nitrogens is 1. The largest absolute Gasteiger partial charge is 0.482 e. The number of carbonyl (C=O) groups excluding carboxylic acids is 1. The van der Waals surface area contributed by atoms with Gasteiger partial charge in [-0.15, -0.1) is 11.8 Å². The first-order valence-corrected chi connectivity index (χ1v) is 14.3. The standard InChI is InChI=1S/C31H25F2N3O4S/c32-23-11-10-20-22(27(23)33)18-41-25-9-5-4-8-21(25)28(20)36-26-17-39-15-14-34(26)31(38)29-30(24(37)12-13-35(29)36)40-16-19-6-2-1-3-7-19/h1-13,26,28H,14-18H2/t26?,28-/m0/s1. The maximum Gasteiger partial charge on any atom is 0.278 e. The Balaban J connectivity index is 1.45. The monoisotopic (exact) mass is 573 g/mol. The van der Waals surface area contributed by atoms with Gasteiger partial charge < -0.3 is 14.4 Å². The van der Waals surface area contributed by atoms with Crippen molar-refractivity contribution in [3.63, 3.8) is 0 Å². The smallest absolute Gasteiger partial charge is 0.278 e. The summed E-state index contributed by atoms with van der Waals surface area (Å²) in [5, 5.41) is 1.94. The van der Waals surface area contributed by atoms with Crippen molar-refractivity contribution >= 4 is 17.7 Å². The molecule has 7 nitrogen and oxygen atoms in total. The fraction of sp³-hybridized carbons (Fsp3) is 0.226. The van der Waals surface area contributed by atoms with Gasteiger partial charge in [0.05, 0.1) is 19.3 Å². The van der Waals surface area contributed by atoms with E-state index in [1.165, 1.54) is 17.8 Å². The summed E-state index contributed by atoms with van der Waals surface area (Å²) in [5.41, 5.74) is 2.23. The maximum absolute atomic E-state index is 15.3. The SMILES string of the molecule is O=C1c2c(OCc3ccccc3)c(=O)ccn2N([C@@H]2c3ccccc3SCc3c2ccc(F)c3F)C2COCCN12. The zero-order valence-corrected chi connectivity index (χ0v) is 22.7. The van der Waals surface area contributed by atoms with Crippen molar-refractivity contribution in [1.82, 2.24) is 9.58 Å². The van der Waals surface area contributed by atoms with Crippen LogP contribution in [-0.2, 0) is 17.1 Å². The van der Waals surface area contributed by atoms with Gasteiger partial charge in [-0.3, -0.25) is 19.3 Å². The fourth-order valence-electron chi connectivity index (χ4n) is 5.84. The highest BCUT2D eigenvalue weighted by Gasteiger charge is 2.46. The quantitative estimate of drug-likeness (QED) is 0.348. The van der Waals surface area contributed by atoms with Crippen molar-refractivity contribution in [3.8, 4) is 5.75 Å². The number of carbonyl (C=O) groups is 1. The predicted molar refractivity (Wildman–Crippen MR) is 150 cm³/mol. The highest BCUT2D eigenvalue weighted by atomic mass is 32.2. The van der Waals surface area contributed by atoms with Gasteiger partial charge in [-0.1, -0.05) is 54.6 Å². The average Bonchev–Trinajstić information content (AvgIpc) is 3.17. The first kappa shape index (κ1) is 25.8. The number of pyridine rings is 1. The molecule has 4 heterocycles. The zero-order chi connectivity index (χ0) is 28.1. The number of nitrogens with zero attached hydrogens (tertiary/aromatic N) is 3. The Kier molecular flexibility index (Phi) is 6.51. The molecule has 4 aromatic rings. The highest BCUT2D eigenvalue weighted by molar-refractivity contribution is 7.98. The van der Waals surface area contributed by atoms with Gasteiger partial charge in [0.2, 0.25) is 5.43 Å². The van der Waals surface area contributed by atoms with Gasteiger partial charge in [-0.2, -0.15) is 0 Å². The number of hydrogen-bond donors (Lipinski definition) is 0. The summed E-state index contributed by atoms with van der Waals surface area (Å²) in [6.45, 7) is 0.932. The van der Waals surface area contributed by atoms with Gasteiger partial charge in [0.1, 0.15) is 12.8 Å². The molecule has 0 aliphatic carbocycles. The van der Waals surface area contributed by atoms with Crippen molar-refractivity contribution in [2.45, 2.75) is 29.5 Å². The van der Waals surface area contributed by atoms with Crippen molar-refractivity contribution in [2.75, 3.05) is 24.8 Å². The predicted octanol–water partition coefficient (Wildman–Crippen LogP) is 4.85. The Morgan fingerprint density at radius 3 is 2.61 bits per heavy atom. The molecule has 0 radical (unpaired) electrons. The zero-order valence-electron chi connectivity index (χ0n) is 21.8. The Labute approximate surface area is 238 Å². The lowest BCUT2D eigenvalue weighted by Crippen LogP contribution is -2.66. The molecule has 1 amide bonds. The molecule has 2 atom stereocenters. The minimum absolute atomic E-state index is 0.0573. The van der Waals surface area contributed by atoms with Gasteiger partial charge >= 0.3 is 0 Å². The van der Waals surface area contributed by atoms with Gasteiger partial charge in [0, 0.05) is 35.0 Å². The normalized spacial score (nSPS) is 19.5. The second kappa shape index (κ2) is 10.4. The topological polar surface area (TPSA) is 64.0 Å². The molecule has 0 spiro atoms. The third kappa shape index (κ3) is 4.29. The molecule has 1 saturated heterocycles. The van der Waals surface area contributed by atoms with E-state index in [2.05, 4.69) is 0 Å². The number of hydrogen-bond acceptors (Lipinski definition) is 6. The molecule has 3 aliphatic rings. The Hall–Kier alpha value is -4.15. The summed E-state index contributed by atoms with van der Waals surface area (Å²) < 4.78 is 43.4. The van der Waals surface area contributed by atoms with E-state index in [4.69, 9.17) is 9.47 Å². The summed E-state index contributed by atoms with van der Waals surface area (Å²) in [6.07, 6.45) is 0.979. The van der Waals surface area contributed by atoms with E-state index >= 15 is 4.39 Å². The molecule has 0 saturated carbocycles. The minimum atomic E-state index is -0.911. The van der Waals surface area contributed by atoms with E-state index < -0.39 is 29.3 Å². The number of halogens is 2. The number of thioether (sulfide) groups is 1. The van der Waals surface area contributed by atoms with E-state index in [0.29, 0.717) is 18.7 Å². The molecule has 3 aliphatic heterocycles. The summed E-state index contributed by atoms with van der Waals surface area (Å²) >= 11 is 1.44. The van der Waals surface area contributed by atoms with Crippen LogP contribution in [0, 0.1) is 11.6 Å². The van der Waals surface area contributed by atoms with Crippen LogP contribution in [0.25, 0.3) is 0 Å². The van der Waals surface area contributed by atoms with Crippen LogP contribution in [0.4, 0.5) is 8.78 Å². The third-order valence-electron chi connectivity index (χ3n) is 7.76. The molecule has 208 valence electrons. The lowest BCUT2D eigenvalue weighted by atomic mass is 9.93. The summed E-state index contributed by atoms with van der Waals surface area (Å²) in [6, 6.07) is 20.6. The lowest BCUT2D eigenvalue weighted by Gasteiger charge is -2.51. The van der Waals surface area contributed by atoms with E-state index in [1.807, 2.05) is 59.6 Å². The Morgan fingerprint density at radius 2 is 1.76 bits per heavy atom. The van der Waals surface area contributed by atoms with Crippen molar-refractivity contribution in [1.29, 1.82) is 0 Å². The van der Waals surface area contributed by atoms with Gasteiger partial charge in [0.25, 0.3) is 5.91 Å². The molecule has 10 heteroatoms. The molecule has 7 rings (SSSR count). The van der Waals surface area contributed by atoms with Gasteiger partial charge in [0.15, 0.2) is 23.1 Å². The van der Waals surface area contributed by atoms with E-state index in [0.717, 1.165) is 22.1 Å². The summed E-state index contributed by atoms with van der Waals surface area (Å²) in [4.78, 5) is 29.8. The fourth-order valence-corrected chi connectivity index (χ4v) is 6.95. The second-order valence-electron chi connectivity index (χ2n) is 10.1. The highest BCUT2D eigenvalue weighted by Crippen LogP contribution is 2.45. The van der Waals surface area contributed by atoms with Crippen molar-refractivity contribution < 1.29 is 23.0 Å². The summed E-state index contributed by atoms with van der Waals surface area (Å²) in [5.74, 6) is -1.96. The number of ether oxygens (including phenoxy) is 2. The van der Waals surface area contributed by atoms with Gasteiger partial charge in [-0.25, -0.2) is 8.78 Å². The number of benzene rings is 3. The number of fused-ring (bicyclic) bond motifs is 4. The van der Waals surface area contributed by atoms with E-state index in [9.17, 15) is 14.0 Å². The van der Waals surface area contributed by atoms with E-state index in [1.54, 1.807) is 21.8 Å². The van der Waals surface area contributed by atoms with Crippen LogP contribution >= 0.6 is 11.8 Å². The van der Waals surface area contributed by atoms with Crippen LogP contribution in [-0.4, -0.2) is 41.4 Å². The molecule has 0 bridgehead atoms. The molecular weight excluding hydrogens is 548 g/mol. The lowest BCUT2D eigenvalue weighted by molar-refractivity contribution is -0.0199. The molecule has 1 fully saturated rings. The van der Waals surface area contributed by atoms with Crippen LogP contribution in [0.1, 0.15) is 38.8 Å². The third-order valence-corrected chi connectivity index (χ3v) is 8.87. The van der Waals surface area contributed by atoms with Gasteiger partial charge in [-0.05, 0) is 28.8 Å². The van der Waals surface area contributed by atoms with Crippen LogP contribution in [0.5, 0.6) is 5.75 Å². The maximum atomic E-state index is 15.3. The van der Waals surface area contributed by atoms with Crippen LogP contribution in [0.2, 0.25) is 0 Å². The minimum Gasteiger partial charge on any atom is -0.482 e. The molecule has 3 aromatic carbocycles.